The van der Waals surface area contributed by atoms with Crippen molar-refractivity contribution in [2.24, 2.45) is 5.92 Å². The fourth-order valence-corrected chi connectivity index (χ4v) is 3.92. The number of pyridine rings is 1. The number of aromatic amines is 1. The van der Waals surface area contributed by atoms with Crippen LogP contribution in [-0.4, -0.2) is 71.4 Å². The van der Waals surface area contributed by atoms with Crippen LogP contribution in [0.5, 0.6) is 0 Å². The average molecular weight is 360 g/mol. The van der Waals surface area contributed by atoms with E-state index in [0.29, 0.717) is 19.6 Å². The maximum absolute atomic E-state index is 13.0. The highest BCUT2D eigenvalue weighted by Crippen LogP contribution is 2.29. The molecule has 0 radical (unpaired) electrons. The number of rotatable bonds is 2. The number of fused-ring (bicyclic) bond motifs is 4. The Kier molecular flexibility index (Phi) is 5.07. The number of carbonyl (C=O) groups excluding carboxylic acids is 2. The van der Waals surface area contributed by atoms with Crippen LogP contribution in [0.25, 0.3) is 0 Å². The highest BCUT2D eigenvalue weighted by Gasteiger charge is 2.39. The second-order valence-electron chi connectivity index (χ2n) is 7.95. The Hall–Kier alpha value is -2.31. The third-order valence-corrected chi connectivity index (χ3v) is 5.41. The van der Waals surface area contributed by atoms with Crippen LogP contribution >= 0.6 is 0 Å². The highest BCUT2D eigenvalue weighted by molar-refractivity contribution is 5.94. The maximum atomic E-state index is 13.0. The first-order valence-corrected chi connectivity index (χ1v) is 9.28. The number of urea groups is 1. The lowest BCUT2D eigenvalue weighted by Gasteiger charge is -2.36. The molecule has 3 aliphatic rings. The lowest BCUT2D eigenvalue weighted by atomic mass is 9.94. The summed E-state index contributed by atoms with van der Waals surface area (Å²) < 4.78 is 0. The van der Waals surface area contributed by atoms with E-state index in [1.54, 1.807) is 30.0 Å². The van der Waals surface area contributed by atoms with Crippen LogP contribution in [-0.2, 0) is 0 Å². The number of nitrogens with zero attached hydrogens (tertiary/aromatic N) is 3. The third-order valence-electron chi connectivity index (χ3n) is 5.41. The van der Waals surface area contributed by atoms with Crippen molar-refractivity contribution < 1.29 is 9.59 Å². The van der Waals surface area contributed by atoms with E-state index < -0.39 is 0 Å². The van der Waals surface area contributed by atoms with Gasteiger partial charge in [-0.2, -0.15) is 0 Å². The Morgan fingerprint density at radius 2 is 1.88 bits per heavy atom. The van der Waals surface area contributed by atoms with E-state index in [9.17, 15) is 14.4 Å². The molecule has 3 amide bonds. The molecular weight excluding hydrogens is 332 g/mol. The van der Waals surface area contributed by atoms with E-state index in [4.69, 9.17) is 0 Å². The Bertz CT molecular complexity index is 755. The summed E-state index contributed by atoms with van der Waals surface area (Å²) in [6, 6.07) is 3.40. The zero-order chi connectivity index (χ0) is 19.0. The van der Waals surface area contributed by atoms with Gasteiger partial charge in [0, 0.05) is 45.5 Å². The molecule has 3 fully saturated rings. The molecule has 3 saturated heterocycles. The van der Waals surface area contributed by atoms with Crippen LogP contribution in [0.4, 0.5) is 4.79 Å². The summed E-state index contributed by atoms with van der Waals surface area (Å²) in [4.78, 5) is 45.9. The molecule has 1 aromatic heterocycles. The summed E-state index contributed by atoms with van der Waals surface area (Å²) in [5.41, 5.74) is 0.682. The molecule has 4 heterocycles. The van der Waals surface area contributed by atoms with E-state index in [1.165, 1.54) is 0 Å². The zero-order valence-electron chi connectivity index (χ0n) is 16.0. The number of nitrogens with one attached hydrogen (secondary N) is 1. The SMILES string of the molecule is CC(C)c1ccc(C(=O)N2C[C@H]3CC[C@@H]2CN(C(=O)N(C)C)C3)c(=O)[nH]1. The van der Waals surface area contributed by atoms with E-state index in [1.807, 2.05) is 24.8 Å². The van der Waals surface area contributed by atoms with Crippen molar-refractivity contribution in [3.05, 3.63) is 33.7 Å². The summed E-state index contributed by atoms with van der Waals surface area (Å²) in [5.74, 6) is 0.234. The van der Waals surface area contributed by atoms with Gasteiger partial charge in [0.1, 0.15) is 5.56 Å². The van der Waals surface area contributed by atoms with Gasteiger partial charge in [0.15, 0.2) is 0 Å². The van der Waals surface area contributed by atoms with Crippen molar-refractivity contribution in [3.8, 4) is 0 Å². The lowest BCUT2D eigenvalue weighted by molar-refractivity contribution is 0.0584. The quantitative estimate of drug-likeness (QED) is 0.872. The van der Waals surface area contributed by atoms with Gasteiger partial charge in [-0.1, -0.05) is 13.8 Å². The van der Waals surface area contributed by atoms with Crippen molar-refractivity contribution >= 4 is 11.9 Å². The number of aromatic nitrogens is 1. The normalized spacial score (nSPS) is 22.5. The van der Waals surface area contributed by atoms with Crippen LogP contribution < -0.4 is 5.56 Å². The monoisotopic (exact) mass is 360 g/mol. The summed E-state index contributed by atoms with van der Waals surface area (Å²) >= 11 is 0. The van der Waals surface area contributed by atoms with Gasteiger partial charge in [0.05, 0.1) is 0 Å². The second-order valence-corrected chi connectivity index (χ2v) is 7.95. The van der Waals surface area contributed by atoms with Crippen molar-refractivity contribution in [3.63, 3.8) is 0 Å². The Balaban J connectivity index is 1.83. The average Bonchev–Trinajstić information content (AvgIpc) is 2.92. The molecule has 1 aromatic rings. The van der Waals surface area contributed by atoms with Crippen molar-refractivity contribution in [2.45, 2.75) is 38.6 Å². The van der Waals surface area contributed by atoms with Crippen LogP contribution in [0.15, 0.2) is 16.9 Å². The third kappa shape index (κ3) is 3.48. The standard InChI is InChI=1S/C19H28N4O3/c1-12(2)16-8-7-15(17(24)20-16)18(25)23-10-13-5-6-14(23)11-22(9-13)19(26)21(3)4/h7-8,12-14H,5-6,9-11H2,1-4H3,(H,20,24)/t13-,14+/m0/s1. The first-order valence-electron chi connectivity index (χ1n) is 9.28. The van der Waals surface area contributed by atoms with Crippen LogP contribution in [0, 0.1) is 5.92 Å². The molecule has 0 aromatic carbocycles. The van der Waals surface area contributed by atoms with E-state index in [0.717, 1.165) is 18.5 Å². The highest BCUT2D eigenvalue weighted by atomic mass is 16.2. The number of hydrogen-bond acceptors (Lipinski definition) is 3. The molecule has 7 nitrogen and oxygen atoms in total. The molecule has 142 valence electrons. The molecule has 26 heavy (non-hydrogen) atoms. The molecule has 4 rings (SSSR count). The van der Waals surface area contributed by atoms with E-state index >= 15 is 0 Å². The summed E-state index contributed by atoms with van der Waals surface area (Å²) in [6.07, 6.45) is 1.88. The predicted octanol–water partition coefficient (Wildman–Crippen LogP) is 1.72. The molecule has 2 atom stereocenters. The number of hydrogen-bond donors (Lipinski definition) is 1. The largest absolute Gasteiger partial charge is 0.333 e. The van der Waals surface area contributed by atoms with E-state index in [-0.39, 0.29) is 40.9 Å². The number of H-pyrrole nitrogens is 1. The Labute approximate surface area is 154 Å². The fraction of sp³-hybridized carbons (Fsp3) is 0.632. The molecule has 1 N–H and O–H groups in total. The molecule has 2 bridgehead atoms. The van der Waals surface area contributed by atoms with Crippen molar-refractivity contribution in [2.75, 3.05) is 33.7 Å². The fourth-order valence-electron chi connectivity index (χ4n) is 3.92. The van der Waals surface area contributed by atoms with Gasteiger partial charge in [-0.25, -0.2) is 4.79 Å². The van der Waals surface area contributed by atoms with Crippen LogP contribution in [0.2, 0.25) is 0 Å². The van der Waals surface area contributed by atoms with Gasteiger partial charge in [-0.05, 0) is 36.8 Å². The maximum Gasteiger partial charge on any atom is 0.319 e. The van der Waals surface area contributed by atoms with Crippen LogP contribution in [0.3, 0.4) is 0 Å². The number of carbonyl (C=O) groups is 2. The molecule has 0 spiro atoms. The minimum absolute atomic E-state index is 0.0182. The van der Waals surface area contributed by atoms with Gasteiger partial charge in [-0.3, -0.25) is 9.59 Å². The van der Waals surface area contributed by atoms with E-state index in [2.05, 4.69) is 4.98 Å². The minimum atomic E-state index is -0.331. The molecule has 0 aliphatic carbocycles. The van der Waals surface area contributed by atoms with Gasteiger partial charge in [0.2, 0.25) is 0 Å². The molecule has 3 aliphatic heterocycles. The molecule has 0 unspecified atom stereocenters. The van der Waals surface area contributed by atoms with Gasteiger partial charge >= 0.3 is 6.03 Å². The topological polar surface area (TPSA) is 76.7 Å². The lowest BCUT2D eigenvalue weighted by Crippen LogP contribution is -2.49. The minimum Gasteiger partial charge on any atom is -0.333 e. The van der Waals surface area contributed by atoms with Crippen LogP contribution in [0.1, 0.15) is 48.7 Å². The predicted molar refractivity (Wildman–Crippen MR) is 99.4 cm³/mol. The summed E-state index contributed by atoms with van der Waals surface area (Å²) in [5, 5.41) is 0. The molecule has 0 saturated carbocycles. The number of amides is 3. The molecular formula is C19H28N4O3. The number of piperidine rings is 1. The summed E-state index contributed by atoms with van der Waals surface area (Å²) in [7, 11) is 3.49. The first-order chi connectivity index (χ1) is 12.3. The van der Waals surface area contributed by atoms with Crippen molar-refractivity contribution in [1.82, 2.24) is 19.7 Å². The Morgan fingerprint density at radius 3 is 2.50 bits per heavy atom. The molecule has 7 heteroatoms. The smallest absolute Gasteiger partial charge is 0.319 e. The summed E-state index contributed by atoms with van der Waals surface area (Å²) in [6.45, 7) is 5.79. The van der Waals surface area contributed by atoms with Gasteiger partial charge in [0.25, 0.3) is 11.5 Å². The second kappa shape index (κ2) is 7.13. The van der Waals surface area contributed by atoms with Gasteiger partial charge in [-0.15, -0.1) is 0 Å². The van der Waals surface area contributed by atoms with Crippen molar-refractivity contribution in [1.29, 1.82) is 0 Å². The first kappa shape index (κ1) is 18.5. The zero-order valence-corrected chi connectivity index (χ0v) is 16.0. The van der Waals surface area contributed by atoms with Gasteiger partial charge < -0.3 is 19.7 Å². The Morgan fingerprint density at radius 1 is 1.15 bits per heavy atom.